The number of nitrogens with zero attached hydrogens (tertiary/aromatic N) is 4. The van der Waals surface area contributed by atoms with Gasteiger partial charge in [0.15, 0.2) is 0 Å². The number of benzene rings is 3. The van der Waals surface area contributed by atoms with Gasteiger partial charge in [-0.1, -0.05) is 18.2 Å². The van der Waals surface area contributed by atoms with Crippen LogP contribution in [0.15, 0.2) is 128 Å². The van der Waals surface area contributed by atoms with Crippen LogP contribution < -0.4 is 9.80 Å². The van der Waals surface area contributed by atoms with Gasteiger partial charge in [-0.3, -0.25) is 9.97 Å². The van der Waals surface area contributed by atoms with Crippen molar-refractivity contribution in [2.45, 2.75) is 0 Å². The fraction of sp³-hybridized carbons (Fsp3) is 0. The van der Waals surface area contributed by atoms with Crippen molar-refractivity contribution in [3.8, 4) is 22.6 Å². The van der Waals surface area contributed by atoms with Gasteiger partial charge in [-0.2, -0.15) is 60.7 Å². The molecule has 36 heavy (non-hydrogen) atoms. The maximum Gasteiger partial charge on any atom is 0.0876 e. The average molecular weight is 643 g/mol. The number of para-hydroxylation sites is 2. The summed E-state index contributed by atoms with van der Waals surface area (Å²) in [6.45, 7) is 2.01. The minimum Gasteiger partial charge on any atom is -0.500 e. The maximum atomic E-state index is 4.62. The molecule has 0 aliphatic carbocycles. The Morgan fingerprint density at radius 3 is 1.69 bits per heavy atom. The zero-order valence-electron chi connectivity index (χ0n) is 19.3. The van der Waals surface area contributed by atoms with Crippen LogP contribution >= 0.6 is 0 Å². The second kappa shape index (κ2) is 12.6. The molecule has 0 amide bonds. The molecule has 0 fully saturated rings. The Kier molecular flexibility index (Phi) is 8.76. The molecular formula is C31H22IrN4-4. The van der Waals surface area contributed by atoms with Gasteiger partial charge in [-0.25, -0.2) is 0 Å². The van der Waals surface area contributed by atoms with E-state index in [9.17, 15) is 0 Å². The van der Waals surface area contributed by atoms with E-state index >= 15 is 0 Å². The van der Waals surface area contributed by atoms with Crippen LogP contribution in [0.1, 0.15) is 0 Å². The predicted octanol–water partition coefficient (Wildman–Crippen LogP) is 6.81. The second-order valence-electron chi connectivity index (χ2n) is 7.62. The van der Waals surface area contributed by atoms with E-state index in [2.05, 4.69) is 28.2 Å². The summed E-state index contributed by atoms with van der Waals surface area (Å²) in [7, 11) is 0. The number of pyridine rings is 2. The van der Waals surface area contributed by atoms with Gasteiger partial charge in [0, 0.05) is 26.3 Å². The molecule has 0 bridgehead atoms. The van der Waals surface area contributed by atoms with E-state index in [1.807, 2.05) is 138 Å². The molecule has 0 saturated heterocycles. The van der Waals surface area contributed by atoms with Crippen molar-refractivity contribution in [1.82, 2.24) is 9.97 Å². The molecule has 1 radical (unpaired) electrons. The van der Waals surface area contributed by atoms with Gasteiger partial charge in [0.25, 0.3) is 0 Å². The monoisotopic (exact) mass is 643 g/mol. The van der Waals surface area contributed by atoms with Crippen molar-refractivity contribution in [3.63, 3.8) is 0 Å². The first-order valence-corrected chi connectivity index (χ1v) is 11.3. The molecule has 0 spiro atoms. The Labute approximate surface area is 226 Å². The van der Waals surface area contributed by atoms with Crippen molar-refractivity contribution in [1.29, 1.82) is 0 Å². The van der Waals surface area contributed by atoms with E-state index in [1.54, 1.807) is 6.20 Å². The van der Waals surface area contributed by atoms with Crippen molar-refractivity contribution in [2.24, 2.45) is 0 Å². The molecule has 3 heterocycles. The van der Waals surface area contributed by atoms with Crippen molar-refractivity contribution >= 4 is 11.4 Å². The molecule has 0 unspecified atom stereocenters. The minimum atomic E-state index is 0. The molecule has 1 aliphatic rings. The van der Waals surface area contributed by atoms with Gasteiger partial charge in [0.1, 0.15) is 0 Å². The molecule has 4 nitrogen and oxygen atoms in total. The van der Waals surface area contributed by atoms with Gasteiger partial charge in [0.05, 0.1) is 11.4 Å². The summed E-state index contributed by atoms with van der Waals surface area (Å²) in [5.74, 6) is 0. The summed E-state index contributed by atoms with van der Waals surface area (Å²) < 4.78 is 0. The van der Waals surface area contributed by atoms with E-state index in [0.29, 0.717) is 0 Å². The van der Waals surface area contributed by atoms with E-state index in [4.69, 9.17) is 0 Å². The van der Waals surface area contributed by atoms with Crippen LogP contribution in [0.3, 0.4) is 0 Å². The van der Waals surface area contributed by atoms with Gasteiger partial charge in [-0.05, 0) is 36.3 Å². The van der Waals surface area contributed by atoms with Crippen LogP contribution in [0.25, 0.3) is 22.6 Å². The third-order valence-corrected chi connectivity index (χ3v) is 5.24. The number of hydrogen-bond donors (Lipinski definition) is 0. The Bertz CT molecular complexity index is 1260. The molecule has 5 heteroatoms. The van der Waals surface area contributed by atoms with Crippen molar-refractivity contribution < 1.29 is 20.1 Å². The van der Waals surface area contributed by atoms with E-state index in [-0.39, 0.29) is 20.1 Å². The number of hydrogen-bond acceptors (Lipinski definition) is 4. The molecule has 6 rings (SSSR count). The summed E-state index contributed by atoms with van der Waals surface area (Å²) in [4.78, 5) is 13.0. The van der Waals surface area contributed by atoms with Crippen molar-refractivity contribution in [3.05, 3.63) is 153 Å². The minimum absolute atomic E-state index is 0. The van der Waals surface area contributed by atoms with Crippen molar-refractivity contribution in [2.75, 3.05) is 9.80 Å². The number of aromatic nitrogens is 2. The largest absolute Gasteiger partial charge is 0.500 e. The quantitative estimate of drug-likeness (QED) is 0.202. The Hall–Kier alpha value is -4.05. The Morgan fingerprint density at radius 1 is 0.556 bits per heavy atom. The molecule has 0 atom stereocenters. The summed E-state index contributed by atoms with van der Waals surface area (Å²) in [6.07, 6.45) is 5.79. The first-order valence-electron chi connectivity index (χ1n) is 11.3. The van der Waals surface area contributed by atoms with Gasteiger partial charge < -0.3 is 9.80 Å². The Balaban J connectivity index is 0.000000165. The smallest absolute Gasteiger partial charge is 0.0876 e. The molecule has 2 aromatic heterocycles. The van der Waals surface area contributed by atoms with Crippen LogP contribution in [-0.4, -0.2) is 9.97 Å². The molecular weight excluding hydrogens is 621 g/mol. The summed E-state index contributed by atoms with van der Waals surface area (Å²) in [6, 6.07) is 45.0. The summed E-state index contributed by atoms with van der Waals surface area (Å²) in [5.41, 5.74) is 5.74. The zero-order valence-corrected chi connectivity index (χ0v) is 21.7. The van der Waals surface area contributed by atoms with Crippen LogP contribution in [0.2, 0.25) is 0 Å². The maximum absolute atomic E-state index is 4.62. The topological polar surface area (TPSA) is 32.3 Å². The molecule has 0 N–H and O–H groups in total. The van der Waals surface area contributed by atoms with E-state index < -0.39 is 0 Å². The molecule has 0 saturated carbocycles. The van der Waals surface area contributed by atoms with Gasteiger partial charge in [0.2, 0.25) is 0 Å². The zero-order chi connectivity index (χ0) is 23.7. The third kappa shape index (κ3) is 6.33. The van der Waals surface area contributed by atoms with Crippen LogP contribution in [-0.2, 0) is 20.1 Å². The van der Waals surface area contributed by atoms with E-state index in [1.165, 1.54) is 0 Å². The normalized spacial score (nSPS) is 11.9. The fourth-order valence-corrected chi connectivity index (χ4v) is 3.52. The molecule has 1 aliphatic heterocycles. The Morgan fingerprint density at radius 2 is 1.14 bits per heavy atom. The molecule has 179 valence electrons. The third-order valence-electron chi connectivity index (χ3n) is 5.24. The first-order chi connectivity index (χ1) is 17.4. The summed E-state index contributed by atoms with van der Waals surface area (Å²) in [5, 5.41) is 0. The van der Waals surface area contributed by atoms with Gasteiger partial charge in [-0.15, -0.1) is 53.9 Å². The first kappa shape index (κ1) is 25.1. The summed E-state index contributed by atoms with van der Waals surface area (Å²) >= 11 is 0. The van der Waals surface area contributed by atoms with Gasteiger partial charge >= 0.3 is 0 Å². The standard InChI is InChI=1S/C16H11N2.C15H11N2.Ir/c1-2-7-13(8-3-1)14-10-6-11-16(18-14)15-9-4-5-12-17-15;1-3-7-14(8-4-1)16-11-12-17(13-16)15-9-5-2-6-10-15;/h1-7,9-12H;1-7,9,11-13H;/q-1;-3;. The van der Waals surface area contributed by atoms with E-state index in [0.717, 1.165) is 34.0 Å². The van der Waals surface area contributed by atoms with Crippen LogP contribution in [0.4, 0.5) is 11.4 Å². The average Bonchev–Trinajstić information content (AvgIpc) is 3.46. The number of anilines is 2. The predicted molar refractivity (Wildman–Crippen MR) is 141 cm³/mol. The SMILES string of the molecule is [Ir].[c-]1ccccc1-c1cccc(-c2ccccn2)n1.[c-]1ccccc1N1C=CN(c2[c-]cccc2)[CH-]1. The number of rotatable bonds is 4. The second-order valence-corrected chi connectivity index (χ2v) is 7.62. The molecule has 3 aromatic carbocycles. The fourth-order valence-electron chi connectivity index (χ4n) is 3.52. The van der Waals surface area contributed by atoms with Crippen LogP contribution in [0.5, 0.6) is 0 Å². The molecule has 5 aromatic rings. The van der Waals surface area contributed by atoms with Crippen LogP contribution in [0, 0.1) is 24.9 Å².